The Hall–Kier alpha value is -3.34. The van der Waals surface area contributed by atoms with E-state index in [2.05, 4.69) is 20.1 Å². The molecule has 4 heterocycles. The van der Waals surface area contributed by atoms with E-state index < -0.39 is 31.6 Å². The van der Waals surface area contributed by atoms with Crippen molar-refractivity contribution in [2.45, 2.75) is 44.4 Å². The van der Waals surface area contributed by atoms with Gasteiger partial charge in [0, 0.05) is 29.4 Å². The number of carbonyl (C=O) groups excluding carboxylic acids is 1. The number of nitrogens with zero attached hydrogens (tertiary/aromatic N) is 6. The number of benzene rings is 1. The molecular weight excluding hydrogens is 521 g/mol. The Balaban J connectivity index is 1.25. The van der Waals surface area contributed by atoms with Crippen molar-refractivity contribution >= 4 is 23.5 Å². The van der Waals surface area contributed by atoms with Crippen LogP contribution in [0.2, 0.25) is 5.02 Å². The minimum atomic E-state index is -1.46. The normalized spacial score (nSPS) is 20.0. The molecule has 2 fully saturated rings. The van der Waals surface area contributed by atoms with Crippen LogP contribution in [0.15, 0.2) is 36.5 Å². The lowest BCUT2D eigenvalue weighted by Crippen LogP contribution is -2.62. The van der Waals surface area contributed by atoms with Gasteiger partial charge in [-0.2, -0.15) is 0 Å². The maximum Gasteiger partial charge on any atom is 0.411 e. The number of rotatable bonds is 5. The molecular formula is C26H26ClF3N6O2. The number of aromatic nitrogens is 4. The first-order chi connectivity index (χ1) is 18.3. The van der Waals surface area contributed by atoms with E-state index in [1.54, 1.807) is 25.1 Å². The van der Waals surface area contributed by atoms with Crippen LogP contribution < -0.4 is 4.90 Å². The Morgan fingerprint density at radius 3 is 2.58 bits per heavy atom. The first-order valence-corrected chi connectivity index (χ1v) is 12.9. The van der Waals surface area contributed by atoms with Crippen LogP contribution in [-0.2, 0) is 11.3 Å². The monoisotopic (exact) mass is 546 g/mol. The number of hydrogen-bond donors (Lipinski definition) is 0. The molecule has 2 aliphatic heterocycles. The Kier molecular flexibility index (Phi) is 6.20. The zero-order valence-electron chi connectivity index (χ0n) is 20.7. The number of amides is 1. The van der Waals surface area contributed by atoms with E-state index in [-0.39, 0.29) is 23.7 Å². The van der Waals surface area contributed by atoms with E-state index in [1.807, 2.05) is 10.6 Å². The van der Waals surface area contributed by atoms with Gasteiger partial charge < -0.3 is 9.64 Å². The molecule has 1 saturated heterocycles. The van der Waals surface area contributed by atoms with Crippen LogP contribution in [0.1, 0.15) is 48.9 Å². The third-order valence-electron chi connectivity index (χ3n) is 7.84. The molecule has 0 N–H and O–H groups in total. The molecule has 0 bridgehead atoms. The van der Waals surface area contributed by atoms with Gasteiger partial charge >= 0.3 is 6.09 Å². The molecule has 3 aromatic rings. The summed E-state index contributed by atoms with van der Waals surface area (Å²) in [6.45, 7) is 1.40. The summed E-state index contributed by atoms with van der Waals surface area (Å²) in [5, 5.41) is 9.51. The highest BCUT2D eigenvalue weighted by atomic mass is 35.5. The molecule has 6 rings (SSSR count). The molecule has 2 aromatic heterocycles. The molecule has 1 aliphatic carbocycles. The van der Waals surface area contributed by atoms with Crippen molar-refractivity contribution < 1.29 is 22.7 Å². The first-order valence-electron chi connectivity index (χ1n) is 12.5. The van der Waals surface area contributed by atoms with Gasteiger partial charge in [-0.1, -0.05) is 11.6 Å². The number of carbonyl (C=O) groups is 1. The molecule has 38 heavy (non-hydrogen) atoms. The lowest BCUT2D eigenvalue weighted by molar-refractivity contribution is 0.0286. The van der Waals surface area contributed by atoms with Crippen molar-refractivity contribution in [1.82, 2.24) is 24.6 Å². The maximum absolute atomic E-state index is 13.2. The van der Waals surface area contributed by atoms with Crippen LogP contribution in [0, 0.1) is 11.2 Å². The fraction of sp³-hybridized carbons (Fsp3) is 0.462. The molecule has 1 unspecified atom stereocenters. The predicted molar refractivity (Wildman–Crippen MR) is 133 cm³/mol. The van der Waals surface area contributed by atoms with Gasteiger partial charge in [0.15, 0.2) is 11.9 Å². The van der Waals surface area contributed by atoms with E-state index in [1.165, 1.54) is 17.2 Å². The van der Waals surface area contributed by atoms with Gasteiger partial charge in [0.05, 0.1) is 24.5 Å². The Bertz CT molecular complexity index is 1350. The molecule has 12 heteroatoms. The van der Waals surface area contributed by atoms with Gasteiger partial charge in [-0.15, -0.1) is 10.2 Å². The summed E-state index contributed by atoms with van der Waals surface area (Å²) in [5.41, 5.74) is 1.71. The number of ether oxygens (including phenoxy) is 1. The molecule has 3 aliphatic rings. The second-order valence-electron chi connectivity index (χ2n) is 10.4. The van der Waals surface area contributed by atoms with E-state index in [0.29, 0.717) is 10.8 Å². The molecule has 0 radical (unpaired) electrons. The fourth-order valence-corrected chi connectivity index (χ4v) is 6.09. The molecule has 8 nitrogen and oxygen atoms in total. The zero-order valence-corrected chi connectivity index (χ0v) is 21.4. The highest BCUT2D eigenvalue weighted by molar-refractivity contribution is 6.30. The molecule has 1 aromatic carbocycles. The average molecular weight is 547 g/mol. The van der Waals surface area contributed by atoms with E-state index in [9.17, 15) is 18.0 Å². The Labute approximate surface area is 222 Å². The molecule has 200 valence electrons. The van der Waals surface area contributed by atoms with Crippen molar-refractivity contribution in [3.63, 3.8) is 0 Å². The largest absolute Gasteiger partial charge is 0.440 e. The maximum atomic E-state index is 13.2. The number of anilines is 1. The minimum Gasteiger partial charge on any atom is -0.440 e. The lowest BCUT2D eigenvalue weighted by atomic mass is 9.57. The second-order valence-corrected chi connectivity index (χ2v) is 10.9. The van der Waals surface area contributed by atoms with Crippen LogP contribution in [0.4, 0.5) is 23.8 Å². The lowest BCUT2D eigenvalue weighted by Gasteiger charge is -2.59. The second kappa shape index (κ2) is 9.44. The SMILES string of the molecule is CC1c2nnc(C3CC4(C3)CN(c3ccc(F)cn3)C4)n2-c2ccc(Cl)cc2CN1C(=O)OC(CF)CF. The summed E-state index contributed by atoms with van der Waals surface area (Å²) >= 11 is 6.30. The zero-order chi connectivity index (χ0) is 26.6. The van der Waals surface area contributed by atoms with Crippen LogP contribution in [0.3, 0.4) is 0 Å². The van der Waals surface area contributed by atoms with Crippen molar-refractivity contribution in [2.24, 2.45) is 5.41 Å². The van der Waals surface area contributed by atoms with E-state index in [4.69, 9.17) is 16.3 Å². The average Bonchev–Trinajstić information content (AvgIpc) is 3.24. The third kappa shape index (κ3) is 4.16. The van der Waals surface area contributed by atoms with Gasteiger partial charge in [0.25, 0.3) is 0 Å². The van der Waals surface area contributed by atoms with Crippen molar-refractivity contribution in [3.05, 3.63) is 64.6 Å². The van der Waals surface area contributed by atoms with E-state index >= 15 is 0 Å². The quantitative estimate of drug-likeness (QED) is 0.440. The van der Waals surface area contributed by atoms with Gasteiger partial charge in [-0.05, 0) is 55.7 Å². The summed E-state index contributed by atoms with van der Waals surface area (Å²) in [6, 6.07) is 7.97. The highest BCUT2D eigenvalue weighted by Gasteiger charge is 2.54. The molecule has 1 atom stereocenters. The minimum absolute atomic E-state index is 0.137. The predicted octanol–water partition coefficient (Wildman–Crippen LogP) is 5.16. The topological polar surface area (TPSA) is 76.4 Å². The Morgan fingerprint density at radius 1 is 1.16 bits per heavy atom. The van der Waals surface area contributed by atoms with Gasteiger partial charge in [-0.3, -0.25) is 9.47 Å². The van der Waals surface area contributed by atoms with Crippen molar-refractivity contribution in [2.75, 3.05) is 31.3 Å². The van der Waals surface area contributed by atoms with Crippen LogP contribution in [0.25, 0.3) is 5.69 Å². The van der Waals surface area contributed by atoms with E-state index in [0.717, 1.165) is 48.8 Å². The number of hydrogen-bond acceptors (Lipinski definition) is 6. The van der Waals surface area contributed by atoms with Gasteiger partial charge in [-0.25, -0.2) is 22.9 Å². The van der Waals surface area contributed by atoms with Crippen molar-refractivity contribution in [1.29, 1.82) is 0 Å². The summed E-state index contributed by atoms with van der Waals surface area (Å²) in [4.78, 5) is 20.7. The fourth-order valence-electron chi connectivity index (χ4n) is 5.89. The smallest absolute Gasteiger partial charge is 0.411 e. The van der Waals surface area contributed by atoms with Crippen LogP contribution >= 0.6 is 11.6 Å². The number of fused-ring (bicyclic) bond motifs is 3. The molecule has 1 amide bonds. The summed E-state index contributed by atoms with van der Waals surface area (Å²) in [7, 11) is 0. The third-order valence-corrected chi connectivity index (χ3v) is 8.07. The standard InChI is InChI=1S/C26H26ClF3N6O2/c1-15-23-32-33-24(17-7-26(8-17)13-34(14-26)22-5-3-19(30)11-31-22)36(23)21-4-2-18(27)6-16(21)12-35(15)25(37)38-20(9-28)10-29/h2-6,11,15,17,20H,7-10,12-14H2,1H3. The highest BCUT2D eigenvalue weighted by Crippen LogP contribution is 2.56. The number of halogens is 4. The summed E-state index contributed by atoms with van der Waals surface area (Å²) in [5.74, 6) is 1.93. The first kappa shape index (κ1) is 25.0. The Morgan fingerprint density at radius 2 is 1.89 bits per heavy atom. The summed E-state index contributed by atoms with van der Waals surface area (Å²) < 4.78 is 46.4. The number of alkyl halides is 2. The number of pyridine rings is 1. The molecule has 1 spiro atoms. The van der Waals surface area contributed by atoms with Crippen molar-refractivity contribution in [3.8, 4) is 5.69 Å². The molecule has 1 saturated carbocycles. The van der Waals surface area contributed by atoms with Crippen LogP contribution in [0.5, 0.6) is 0 Å². The van der Waals surface area contributed by atoms with Crippen LogP contribution in [-0.4, -0.2) is 63.3 Å². The van der Waals surface area contributed by atoms with Gasteiger partial charge in [0.1, 0.15) is 30.8 Å². The summed E-state index contributed by atoms with van der Waals surface area (Å²) in [6.07, 6.45) is 0.785. The van der Waals surface area contributed by atoms with Gasteiger partial charge in [0.2, 0.25) is 0 Å².